The lowest BCUT2D eigenvalue weighted by molar-refractivity contribution is -0.145. The molecule has 1 aliphatic carbocycles. The summed E-state index contributed by atoms with van der Waals surface area (Å²) in [6, 6.07) is 2.31. The van der Waals surface area contributed by atoms with E-state index in [1.165, 1.54) is 15.9 Å². The molecule has 1 saturated carbocycles. The molecule has 1 aromatic carbocycles. The van der Waals surface area contributed by atoms with Gasteiger partial charge in [0.25, 0.3) is 0 Å². The number of halogens is 1. The monoisotopic (exact) mass is 630 g/mol. The Hall–Kier alpha value is -4.20. The Labute approximate surface area is 260 Å². The Morgan fingerprint density at radius 1 is 1.20 bits per heavy atom. The van der Waals surface area contributed by atoms with Gasteiger partial charge in [-0.1, -0.05) is 24.3 Å². The number of benzene rings is 1. The molecule has 3 N–H and O–H groups in total. The van der Waals surface area contributed by atoms with Crippen molar-refractivity contribution >= 4 is 30.0 Å². The summed E-state index contributed by atoms with van der Waals surface area (Å²) in [6.07, 6.45) is 1.52. The van der Waals surface area contributed by atoms with E-state index in [-0.39, 0.29) is 52.1 Å². The summed E-state index contributed by atoms with van der Waals surface area (Å²) in [4.78, 5) is 68.3. The SMILES string of the molecule is CC(C)(C)OC(=O)N[C@H]1CCCOC/C=C\[C@@H]2C[C@@]2(C(=O)O)NC(=O)[C@@H]2C[C@@H](OC(=O)N3Cc4cccc(F)c4C3)CN2C1=O. The highest BCUT2D eigenvalue weighted by molar-refractivity contribution is 5.96. The van der Waals surface area contributed by atoms with Gasteiger partial charge in [0.2, 0.25) is 11.8 Å². The van der Waals surface area contributed by atoms with Crippen molar-refractivity contribution in [2.24, 2.45) is 5.92 Å². The highest BCUT2D eigenvalue weighted by Gasteiger charge is 2.61. The maximum atomic E-state index is 14.3. The minimum atomic E-state index is -1.54. The van der Waals surface area contributed by atoms with Crippen LogP contribution in [0.15, 0.2) is 30.4 Å². The number of carboxylic acid groups (broad SMARTS) is 1. The van der Waals surface area contributed by atoms with Gasteiger partial charge in [-0.25, -0.2) is 18.8 Å². The van der Waals surface area contributed by atoms with Crippen LogP contribution < -0.4 is 10.6 Å². The lowest BCUT2D eigenvalue weighted by Crippen LogP contribution is -2.56. The molecule has 4 aliphatic rings. The molecular formula is C31H39FN4O9. The number of aliphatic carboxylic acids is 1. The van der Waals surface area contributed by atoms with Gasteiger partial charge in [-0.05, 0) is 51.7 Å². The zero-order valence-electron chi connectivity index (χ0n) is 25.5. The third-order valence-electron chi connectivity index (χ3n) is 8.40. The molecule has 0 bridgehead atoms. The summed E-state index contributed by atoms with van der Waals surface area (Å²) in [5.41, 5.74) is -1.32. The van der Waals surface area contributed by atoms with E-state index in [1.807, 2.05) is 0 Å². The van der Waals surface area contributed by atoms with Gasteiger partial charge in [0.1, 0.15) is 35.1 Å². The fourth-order valence-electron chi connectivity index (χ4n) is 6.04. The van der Waals surface area contributed by atoms with Gasteiger partial charge >= 0.3 is 18.2 Å². The van der Waals surface area contributed by atoms with Crippen LogP contribution in [0.25, 0.3) is 0 Å². The van der Waals surface area contributed by atoms with E-state index in [0.29, 0.717) is 17.5 Å². The fraction of sp³-hybridized carbons (Fsp3) is 0.581. The highest BCUT2D eigenvalue weighted by Crippen LogP contribution is 2.45. The van der Waals surface area contributed by atoms with Gasteiger partial charge in [-0.15, -0.1) is 0 Å². The second kappa shape index (κ2) is 12.7. The summed E-state index contributed by atoms with van der Waals surface area (Å²) in [5, 5.41) is 15.2. The summed E-state index contributed by atoms with van der Waals surface area (Å²) in [7, 11) is 0. The lowest BCUT2D eigenvalue weighted by Gasteiger charge is -2.30. The molecule has 14 heteroatoms. The Balaban J connectivity index is 1.37. The van der Waals surface area contributed by atoms with Gasteiger partial charge < -0.3 is 34.9 Å². The quantitative estimate of drug-likeness (QED) is 0.426. The number of fused-ring (bicyclic) bond motifs is 3. The van der Waals surface area contributed by atoms with Gasteiger partial charge in [-0.2, -0.15) is 0 Å². The number of hydrogen-bond acceptors (Lipinski definition) is 8. The number of rotatable bonds is 3. The number of carboxylic acids is 1. The van der Waals surface area contributed by atoms with Crippen LogP contribution in [0.1, 0.15) is 57.6 Å². The predicted octanol–water partition coefficient (Wildman–Crippen LogP) is 2.47. The molecule has 5 rings (SSSR count). The second-order valence-electron chi connectivity index (χ2n) is 12.9. The van der Waals surface area contributed by atoms with Crippen LogP contribution in [0.3, 0.4) is 0 Å². The molecule has 3 heterocycles. The number of alkyl carbamates (subject to hydrolysis) is 1. The largest absolute Gasteiger partial charge is 0.479 e. The van der Waals surface area contributed by atoms with Crippen LogP contribution in [-0.2, 0) is 41.7 Å². The van der Waals surface area contributed by atoms with Crippen LogP contribution in [-0.4, -0.2) is 94.0 Å². The first-order valence-corrected chi connectivity index (χ1v) is 15.1. The molecule has 3 aliphatic heterocycles. The Kier molecular flexibility index (Phi) is 9.06. The van der Waals surface area contributed by atoms with Crippen molar-refractivity contribution in [3.05, 3.63) is 47.3 Å². The molecule has 0 spiro atoms. The van der Waals surface area contributed by atoms with Crippen LogP contribution >= 0.6 is 0 Å². The first kappa shape index (κ1) is 32.2. The van der Waals surface area contributed by atoms with Crippen molar-refractivity contribution in [2.75, 3.05) is 19.8 Å². The molecule has 1 saturated heterocycles. The van der Waals surface area contributed by atoms with Gasteiger partial charge in [0.05, 0.1) is 19.7 Å². The number of carbonyl (C=O) groups excluding carboxylic acids is 4. The first-order chi connectivity index (χ1) is 21.3. The Bertz CT molecular complexity index is 1400. The van der Waals surface area contributed by atoms with Crippen LogP contribution in [0.5, 0.6) is 0 Å². The average Bonchev–Trinajstić information content (AvgIpc) is 3.27. The minimum Gasteiger partial charge on any atom is -0.479 e. The number of nitrogens with one attached hydrogen (secondary N) is 2. The Morgan fingerprint density at radius 3 is 2.69 bits per heavy atom. The number of ether oxygens (including phenoxy) is 3. The van der Waals surface area contributed by atoms with E-state index in [0.717, 1.165) is 0 Å². The normalized spacial score (nSPS) is 29.2. The average molecular weight is 631 g/mol. The smallest absolute Gasteiger partial charge is 0.410 e. The van der Waals surface area contributed by atoms with Gasteiger partial charge in [-0.3, -0.25) is 14.5 Å². The van der Waals surface area contributed by atoms with Crippen LogP contribution in [0.2, 0.25) is 0 Å². The summed E-state index contributed by atoms with van der Waals surface area (Å²) in [5.74, 6) is -3.42. The van der Waals surface area contributed by atoms with Crippen molar-refractivity contribution in [3.8, 4) is 0 Å². The number of nitrogens with zero attached hydrogens (tertiary/aromatic N) is 2. The van der Waals surface area contributed by atoms with Crippen LogP contribution in [0.4, 0.5) is 14.0 Å². The number of hydrogen-bond donors (Lipinski definition) is 3. The summed E-state index contributed by atoms with van der Waals surface area (Å²) >= 11 is 0. The maximum absolute atomic E-state index is 14.3. The van der Waals surface area contributed by atoms with Crippen molar-refractivity contribution in [1.82, 2.24) is 20.4 Å². The van der Waals surface area contributed by atoms with Crippen molar-refractivity contribution in [1.29, 1.82) is 0 Å². The molecule has 2 fully saturated rings. The molecule has 4 amide bonds. The van der Waals surface area contributed by atoms with Crippen molar-refractivity contribution < 1.29 is 47.7 Å². The summed E-state index contributed by atoms with van der Waals surface area (Å²) in [6.45, 7) is 5.51. The molecule has 5 atom stereocenters. The number of amides is 4. The third kappa shape index (κ3) is 7.21. The molecular weight excluding hydrogens is 591 g/mol. The van der Waals surface area contributed by atoms with E-state index in [1.54, 1.807) is 45.1 Å². The molecule has 13 nitrogen and oxygen atoms in total. The van der Waals surface area contributed by atoms with Crippen LogP contribution in [0, 0.1) is 11.7 Å². The standard InChI is InChI=1S/C31H39FN4O9/c1-30(2,3)45-28(41)33-23-10-6-12-43-11-5-8-19-14-31(19,27(39)40)34-25(37)24-13-20(16-36(24)26(23)38)44-29(42)35-15-18-7-4-9-22(32)21(18)17-35/h4-5,7-9,19-20,23-24H,6,10-17H2,1-3H3,(H,33,41)(H,34,37)(H,39,40)/b8-5-/t19-,20-,23+,24+,31-/m1/s1. The summed E-state index contributed by atoms with van der Waals surface area (Å²) < 4.78 is 31.0. The zero-order chi connectivity index (χ0) is 32.5. The predicted molar refractivity (Wildman–Crippen MR) is 155 cm³/mol. The maximum Gasteiger partial charge on any atom is 0.410 e. The van der Waals surface area contributed by atoms with E-state index in [4.69, 9.17) is 14.2 Å². The van der Waals surface area contributed by atoms with Crippen molar-refractivity contribution in [3.63, 3.8) is 0 Å². The fourth-order valence-corrected chi connectivity index (χ4v) is 6.04. The molecule has 0 radical (unpaired) electrons. The molecule has 0 aromatic heterocycles. The molecule has 1 aromatic rings. The van der Waals surface area contributed by atoms with Crippen molar-refractivity contribution in [2.45, 2.75) is 88.9 Å². The minimum absolute atomic E-state index is 0.0140. The van der Waals surface area contributed by atoms with E-state index < -0.39 is 71.0 Å². The zero-order valence-corrected chi connectivity index (χ0v) is 25.5. The molecule has 0 unspecified atom stereocenters. The lowest BCUT2D eigenvalue weighted by atomic mass is 10.1. The van der Waals surface area contributed by atoms with E-state index in [2.05, 4.69) is 10.6 Å². The topological polar surface area (TPSA) is 164 Å². The van der Waals surface area contributed by atoms with E-state index >= 15 is 0 Å². The molecule has 45 heavy (non-hydrogen) atoms. The Morgan fingerprint density at radius 2 is 1.98 bits per heavy atom. The first-order valence-electron chi connectivity index (χ1n) is 15.1. The second-order valence-corrected chi connectivity index (χ2v) is 12.9. The van der Waals surface area contributed by atoms with Gasteiger partial charge in [0, 0.05) is 31.1 Å². The number of carbonyl (C=O) groups is 5. The van der Waals surface area contributed by atoms with E-state index in [9.17, 15) is 33.5 Å². The highest BCUT2D eigenvalue weighted by atomic mass is 19.1. The molecule has 244 valence electrons. The van der Waals surface area contributed by atoms with Gasteiger partial charge in [0.15, 0.2) is 0 Å². The third-order valence-corrected chi connectivity index (χ3v) is 8.40.